The van der Waals surface area contributed by atoms with Crippen LogP contribution in [0.15, 0.2) is 0 Å². The average Bonchev–Trinajstić information content (AvgIpc) is 3.10. The minimum atomic E-state index is -0.717. The smallest absolute Gasteiger partial charge is 0.306 e. The van der Waals surface area contributed by atoms with Gasteiger partial charge in [-0.2, -0.15) is 0 Å². The first-order valence-corrected chi connectivity index (χ1v) is 23.0. The maximum Gasteiger partial charge on any atom is 0.306 e. The lowest BCUT2D eigenvalue weighted by Gasteiger charge is -2.18. The average molecular weight is 707 g/mol. The van der Waals surface area contributed by atoms with Crippen LogP contribution in [-0.2, 0) is 14.3 Å². The summed E-state index contributed by atoms with van der Waals surface area (Å²) in [4.78, 5) is 23.5. The van der Waals surface area contributed by atoms with E-state index < -0.39 is 5.97 Å². The van der Waals surface area contributed by atoms with E-state index in [0.29, 0.717) is 12.8 Å². The fourth-order valence-corrected chi connectivity index (χ4v) is 7.42. The van der Waals surface area contributed by atoms with Crippen LogP contribution in [0, 0.1) is 0 Å². The highest BCUT2D eigenvalue weighted by Gasteiger charge is 2.14. The molecule has 0 aliphatic heterocycles. The van der Waals surface area contributed by atoms with Crippen molar-refractivity contribution in [1.82, 2.24) is 0 Å². The van der Waals surface area contributed by atoms with E-state index in [1.54, 1.807) is 0 Å². The lowest BCUT2D eigenvalue weighted by molar-refractivity contribution is -0.150. The number of ether oxygens (including phenoxy) is 1. The van der Waals surface area contributed by atoms with Gasteiger partial charge in [-0.05, 0) is 38.5 Å². The maximum atomic E-state index is 12.7. The fourth-order valence-electron chi connectivity index (χ4n) is 7.42. The standard InChI is InChI=1S/C46H90O4/c1-3-5-7-9-11-13-15-17-19-20-21-22-24-26-28-30-32-34-39-43-46(49)50-44(41-37-35-38-42-45(47)48)40-36-33-31-29-27-25-23-18-16-14-12-10-8-6-4-2/h44H,3-43H2,1-2H3,(H,47,48). The Hall–Kier alpha value is -1.06. The summed E-state index contributed by atoms with van der Waals surface area (Å²) in [5.74, 6) is -0.737. The second-order valence-corrected chi connectivity index (χ2v) is 16.0. The van der Waals surface area contributed by atoms with Gasteiger partial charge in [-0.25, -0.2) is 0 Å². The Morgan fingerprint density at radius 3 is 0.900 bits per heavy atom. The van der Waals surface area contributed by atoms with Crippen molar-refractivity contribution < 1.29 is 19.4 Å². The van der Waals surface area contributed by atoms with Gasteiger partial charge in [0.25, 0.3) is 0 Å². The Bertz CT molecular complexity index is 677. The van der Waals surface area contributed by atoms with Crippen LogP contribution in [0.25, 0.3) is 0 Å². The quantitative estimate of drug-likeness (QED) is 0.0506. The van der Waals surface area contributed by atoms with Gasteiger partial charge in [0, 0.05) is 12.8 Å². The van der Waals surface area contributed by atoms with Crippen molar-refractivity contribution in [2.45, 2.75) is 283 Å². The molecule has 0 aromatic heterocycles. The number of rotatable bonds is 43. The van der Waals surface area contributed by atoms with E-state index in [1.165, 1.54) is 199 Å². The van der Waals surface area contributed by atoms with Crippen LogP contribution >= 0.6 is 0 Å². The molecule has 0 bridgehead atoms. The van der Waals surface area contributed by atoms with E-state index in [4.69, 9.17) is 9.84 Å². The van der Waals surface area contributed by atoms with Crippen LogP contribution < -0.4 is 0 Å². The van der Waals surface area contributed by atoms with Crippen molar-refractivity contribution in [3.8, 4) is 0 Å². The molecule has 0 fully saturated rings. The molecule has 1 unspecified atom stereocenters. The molecular formula is C46H90O4. The summed E-state index contributed by atoms with van der Waals surface area (Å²) in [6.07, 6.45) is 51.4. The molecule has 0 aromatic carbocycles. The molecular weight excluding hydrogens is 617 g/mol. The molecule has 1 N–H and O–H groups in total. The number of carbonyl (C=O) groups excluding carboxylic acids is 1. The Balaban J connectivity index is 3.81. The van der Waals surface area contributed by atoms with Gasteiger partial charge in [0.1, 0.15) is 6.10 Å². The monoisotopic (exact) mass is 707 g/mol. The molecule has 0 saturated heterocycles. The molecule has 0 saturated carbocycles. The van der Waals surface area contributed by atoms with Crippen LogP contribution in [0.2, 0.25) is 0 Å². The van der Waals surface area contributed by atoms with Gasteiger partial charge in [-0.1, -0.05) is 226 Å². The molecule has 50 heavy (non-hydrogen) atoms. The highest BCUT2D eigenvalue weighted by Crippen LogP contribution is 2.19. The molecule has 298 valence electrons. The van der Waals surface area contributed by atoms with E-state index >= 15 is 0 Å². The van der Waals surface area contributed by atoms with Crippen LogP contribution in [-0.4, -0.2) is 23.1 Å². The highest BCUT2D eigenvalue weighted by molar-refractivity contribution is 5.69. The van der Waals surface area contributed by atoms with Crippen LogP contribution in [0.1, 0.15) is 277 Å². The summed E-state index contributed by atoms with van der Waals surface area (Å²) in [5, 5.41) is 8.93. The van der Waals surface area contributed by atoms with Gasteiger partial charge in [0.15, 0.2) is 0 Å². The fraction of sp³-hybridized carbons (Fsp3) is 0.957. The number of carboxylic acids is 1. The zero-order valence-electron chi connectivity index (χ0n) is 34.2. The Labute approximate surface area is 313 Å². The second-order valence-electron chi connectivity index (χ2n) is 16.0. The van der Waals surface area contributed by atoms with Gasteiger partial charge in [-0.15, -0.1) is 0 Å². The third-order valence-corrected chi connectivity index (χ3v) is 10.8. The molecule has 1 atom stereocenters. The minimum absolute atomic E-state index is 0.00891. The molecule has 4 heteroatoms. The van der Waals surface area contributed by atoms with Gasteiger partial charge in [0.2, 0.25) is 0 Å². The number of esters is 1. The zero-order valence-corrected chi connectivity index (χ0v) is 34.2. The summed E-state index contributed by atoms with van der Waals surface area (Å²) in [7, 11) is 0. The van der Waals surface area contributed by atoms with Crippen molar-refractivity contribution in [3.63, 3.8) is 0 Å². The first-order valence-electron chi connectivity index (χ1n) is 23.0. The summed E-state index contributed by atoms with van der Waals surface area (Å²) in [6, 6.07) is 0. The van der Waals surface area contributed by atoms with Crippen LogP contribution in [0.3, 0.4) is 0 Å². The predicted octanol–water partition coefficient (Wildman–Crippen LogP) is 16.0. The number of carboxylic acid groups (broad SMARTS) is 1. The molecule has 0 radical (unpaired) electrons. The van der Waals surface area contributed by atoms with Crippen molar-refractivity contribution in [2.24, 2.45) is 0 Å². The van der Waals surface area contributed by atoms with Gasteiger partial charge in [0.05, 0.1) is 0 Å². The van der Waals surface area contributed by atoms with Gasteiger partial charge >= 0.3 is 11.9 Å². The molecule has 0 heterocycles. The Morgan fingerprint density at radius 2 is 0.600 bits per heavy atom. The van der Waals surface area contributed by atoms with E-state index in [1.807, 2.05) is 0 Å². The van der Waals surface area contributed by atoms with Gasteiger partial charge in [-0.3, -0.25) is 9.59 Å². The minimum Gasteiger partial charge on any atom is -0.481 e. The molecule has 0 aliphatic rings. The number of aliphatic carboxylic acids is 1. The maximum absolute atomic E-state index is 12.7. The van der Waals surface area contributed by atoms with Crippen LogP contribution in [0.4, 0.5) is 0 Å². The Morgan fingerprint density at radius 1 is 0.360 bits per heavy atom. The van der Waals surface area contributed by atoms with Crippen LogP contribution in [0.5, 0.6) is 0 Å². The molecule has 0 spiro atoms. The predicted molar refractivity (Wildman–Crippen MR) is 218 cm³/mol. The number of hydrogen-bond donors (Lipinski definition) is 1. The van der Waals surface area contributed by atoms with E-state index in [0.717, 1.165) is 44.9 Å². The lowest BCUT2D eigenvalue weighted by Crippen LogP contribution is -2.18. The first kappa shape index (κ1) is 48.9. The largest absolute Gasteiger partial charge is 0.481 e. The van der Waals surface area contributed by atoms with Crippen molar-refractivity contribution in [3.05, 3.63) is 0 Å². The molecule has 0 rings (SSSR count). The molecule has 0 amide bonds. The number of carbonyl (C=O) groups is 2. The molecule has 0 aliphatic carbocycles. The third kappa shape index (κ3) is 41.4. The van der Waals surface area contributed by atoms with Gasteiger partial charge < -0.3 is 9.84 Å². The van der Waals surface area contributed by atoms with Crippen molar-refractivity contribution in [1.29, 1.82) is 0 Å². The summed E-state index contributed by atoms with van der Waals surface area (Å²) in [6.45, 7) is 4.58. The normalized spacial score (nSPS) is 12.0. The first-order chi connectivity index (χ1) is 24.6. The second kappa shape index (κ2) is 42.4. The summed E-state index contributed by atoms with van der Waals surface area (Å²) >= 11 is 0. The lowest BCUT2D eigenvalue weighted by atomic mass is 10.0. The molecule has 4 nitrogen and oxygen atoms in total. The topological polar surface area (TPSA) is 63.6 Å². The summed E-state index contributed by atoms with van der Waals surface area (Å²) in [5.41, 5.74) is 0. The van der Waals surface area contributed by atoms with Crippen molar-refractivity contribution in [2.75, 3.05) is 0 Å². The Kier molecular flexibility index (Phi) is 41.5. The van der Waals surface area contributed by atoms with E-state index in [2.05, 4.69) is 13.8 Å². The zero-order chi connectivity index (χ0) is 36.4. The van der Waals surface area contributed by atoms with E-state index in [9.17, 15) is 9.59 Å². The van der Waals surface area contributed by atoms with E-state index in [-0.39, 0.29) is 18.5 Å². The summed E-state index contributed by atoms with van der Waals surface area (Å²) < 4.78 is 5.98. The number of unbranched alkanes of at least 4 members (excludes halogenated alkanes) is 34. The third-order valence-electron chi connectivity index (χ3n) is 10.8. The number of hydrogen-bond acceptors (Lipinski definition) is 3. The molecule has 0 aromatic rings. The SMILES string of the molecule is CCCCCCCCCCCCCCCCCCCCCC(=O)OC(CCCCCCCCCCCCCCCCC)CCCCCC(=O)O. The van der Waals surface area contributed by atoms with Crippen molar-refractivity contribution >= 4 is 11.9 Å². The highest BCUT2D eigenvalue weighted by atomic mass is 16.5.